The van der Waals surface area contributed by atoms with Crippen LogP contribution in [0.5, 0.6) is 5.75 Å². The van der Waals surface area contributed by atoms with Crippen LogP contribution in [0.4, 0.5) is 0 Å². The van der Waals surface area contributed by atoms with Crippen molar-refractivity contribution in [3.63, 3.8) is 0 Å². The Balaban J connectivity index is 1.59. The average Bonchev–Trinajstić information content (AvgIpc) is 2.70. The van der Waals surface area contributed by atoms with Crippen LogP contribution in [-0.4, -0.2) is 16.7 Å². The molecule has 4 nitrogen and oxygen atoms in total. The molecule has 1 amide bonds. The molecule has 0 aliphatic heterocycles. The molecule has 132 valence electrons. The average molecular weight is 354 g/mol. The number of amides is 1. The minimum Gasteiger partial charge on any atom is -0.507 e. The topological polar surface area (TPSA) is 61.7 Å². The van der Waals surface area contributed by atoms with Gasteiger partial charge < -0.3 is 5.11 Å². The Morgan fingerprint density at radius 1 is 0.815 bits per heavy atom. The number of aromatic hydroxyl groups is 1. The van der Waals surface area contributed by atoms with E-state index in [4.69, 9.17) is 0 Å². The summed E-state index contributed by atoms with van der Waals surface area (Å²) < 4.78 is 0. The zero-order valence-corrected chi connectivity index (χ0v) is 14.8. The summed E-state index contributed by atoms with van der Waals surface area (Å²) in [6, 6.07) is 24.9. The van der Waals surface area contributed by atoms with Crippen molar-refractivity contribution >= 4 is 33.2 Å². The van der Waals surface area contributed by atoms with Crippen LogP contribution in [0.1, 0.15) is 22.8 Å². The van der Waals surface area contributed by atoms with E-state index < -0.39 is 5.91 Å². The van der Waals surface area contributed by atoms with Crippen molar-refractivity contribution in [2.24, 2.45) is 5.10 Å². The first-order valence-electron chi connectivity index (χ1n) is 8.67. The van der Waals surface area contributed by atoms with Gasteiger partial charge in [0, 0.05) is 0 Å². The molecule has 4 aromatic rings. The smallest absolute Gasteiger partial charge is 0.275 e. The van der Waals surface area contributed by atoms with Gasteiger partial charge in [-0.15, -0.1) is 0 Å². The first-order chi connectivity index (χ1) is 13.1. The van der Waals surface area contributed by atoms with E-state index >= 15 is 0 Å². The zero-order chi connectivity index (χ0) is 18.8. The predicted octanol–water partition coefficient (Wildman–Crippen LogP) is 4.85. The molecule has 0 saturated heterocycles. The van der Waals surface area contributed by atoms with Crippen molar-refractivity contribution in [1.29, 1.82) is 0 Å². The first kappa shape index (κ1) is 16.8. The van der Waals surface area contributed by atoms with E-state index in [2.05, 4.69) is 16.6 Å². The summed E-state index contributed by atoms with van der Waals surface area (Å²) in [5.41, 5.74) is 4.35. The number of nitrogens with one attached hydrogen (secondary N) is 1. The van der Waals surface area contributed by atoms with Gasteiger partial charge in [0.2, 0.25) is 0 Å². The first-order valence-corrected chi connectivity index (χ1v) is 8.67. The summed E-state index contributed by atoms with van der Waals surface area (Å²) in [5.74, 6) is -0.511. The summed E-state index contributed by atoms with van der Waals surface area (Å²) in [4.78, 5) is 12.5. The van der Waals surface area contributed by atoms with Crippen molar-refractivity contribution in [3.8, 4) is 5.75 Å². The van der Waals surface area contributed by atoms with E-state index in [1.807, 2.05) is 67.6 Å². The van der Waals surface area contributed by atoms with Crippen molar-refractivity contribution in [3.05, 3.63) is 90.0 Å². The molecule has 0 radical (unpaired) electrons. The van der Waals surface area contributed by atoms with Crippen LogP contribution in [0, 0.1) is 0 Å². The number of phenols is 1. The molecule has 0 bridgehead atoms. The molecule has 0 heterocycles. The van der Waals surface area contributed by atoms with Gasteiger partial charge in [0.05, 0.1) is 11.3 Å². The third-order valence-corrected chi connectivity index (χ3v) is 4.60. The lowest BCUT2D eigenvalue weighted by molar-refractivity contribution is 0.0952. The number of rotatable bonds is 3. The minimum atomic E-state index is -0.446. The Morgan fingerprint density at radius 3 is 2.11 bits per heavy atom. The molecule has 0 atom stereocenters. The molecule has 4 aromatic carbocycles. The number of fused-ring (bicyclic) bond motifs is 2. The van der Waals surface area contributed by atoms with Gasteiger partial charge in [0.25, 0.3) is 5.91 Å². The molecular weight excluding hydrogens is 336 g/mol. The highest BCUT2D eigenvalue weighted by Crippen LogP contribution is 2.25. The van der Waals surface area contributed by atoms with Crippen LogP contribution in [-0.2, 0) is 0 Å². The van der Waals surface area contributed by atoms with Crippen LogP contribution < -0.4 is 5.43 Å². The highest BCUT2D eigenvalue weighted by molar-refractivity contribution is 6.05. The lowest BCUT2D eigenvalue weighted by Crippen LogP contribution is -2.19. The molecule has 2 N–H and O–H groups in total. The number of nitrogens with zero attached hydrogens (tertiary/aromatic N) is 1. The molecule has 0 unspecified atom stereocenters. The van der Waals surface area contributed by atoms with E-state index in [1.165, 1.54) is 0 Å². The highest BCUT2D eigenvalue weighted by Gasteiger charge is 2.12. The molecule has 0 saturated carbocycles. The number of carbonyl (C=O) groups excluding carboxylic acids is 1. The maximum Gasteiger partial charge on any atom is 0.275 e. The lowest BCUT2D eigenvalue weighted by Gasteiger charge is -2.07. The van der Waals surface area contributed by atoms with Crippen molar-refractivity contribution in [2.45, 2.75) is 6.92 Å². The Morgan fingerprint density at radius 2 is 1.41 bits per heavy atom. The van der Waals surface area contributed by atoms with Crippen molar-refractivity contribution in [1.82, 2.24) is 5.43 Å². The van der Waals surface area contributed by atoms with Gasteiger partial charge >= 0.3 is 0 Å². The van der Waals surface area contributed by atoms with Gasteiger partial charge in [-0.05, 0) is 52.2 Å². The number of phenolic OH excluding ortho intramolecular Hbond substituents is 1. The summed E-state index contributed by atoms with van der Waals surface area (Å²) in [6.45, 7) is 1.84. The molecule has 0 spiro atoms. The lowest BCUT2D eigenvalue weighted by atomic mass is 10.0. The van der Waals surface area contributed by atoms with E-state index in [9.17, 15) is 9.90 Å². The normalized spacial score (nSPS) is 11.7. The van der Waals surface area contributed by atoms with Gasteiger partial charge in [-0.1, -0.05) is 60.7 Å². The van der Waals surface area contributed by atoms with Crippen LogP contribution in [0.15, 0.2) is 84.0 Å². The predicted molar refractivity (Wildman–Crippen MR) is 109 cm³/mol. The van der Waals surface area contributed by atoms with E-state index in [0.717, 1.165) is 27.1 Å². The molecule has 4 heteroatoms. The second-order valence-corrected chi connectivity index (χ2v) is 6.42. The molecular formula is C23H18N2O2. The van der Waals surface area contributed by atoms with Crippen molar-refractivity contribution in [2.75, 3.05) is 0 Å². The summed E-state index contributed by atoms with van der Waals surface area (Å²) in [7, 11) is 0. The second-order valence-electron chi connectivity index (χ2n) is 6.42. The summed E-state index contributed by atoms with van der Waals surface area (Å²) in [6.07, 6.45) is 0. The number of hydrazone groups is 1. The SMILES string of the molecule is C/C(=N\NC(=O)c1cc2ccccc2cc1O)c1ccc2ccccc2c1. The fourth-order valence-electron chi connectivity index (χ4n) is 3.08. The van der Waals surface area contributed by atoms with Crippen LogP contribution in [0.2, 0.25) is 0 Å². The van der Waals surface area contributed by atoms with Gasteiger partial charge in [-0.2, -0.15) is 5.10 Å². The summed E-state index contributed by atoms with van der Waals surface area (Å²) >= 11 is 0. The molecule has 27 heavy (non-hydrogen) atoms. The van der Waals surface area contributed by atoms with Gasteiger partial charge in [-0.3, -0.25) is 4.79 Å². The Bertz CT molecular complexity index is 1200. The number of benzene rings is 4. The van der Waals surface area contributed by atoms with Gasteiger partial charge in [-0.25, -0.2) is 5.43 Å². The van der Waals surface area contributed by atoms with E-state index in [-0.39, 0.29) is 11.3 Å². The van der Waals surface area contributed by atoms with Crippen LogP contribution >= 0.6 is 0 Å². The largest absolute Gasteiger partial charge is 0.507 e. The molecule has 0 aromatic heterocycles. The fourth-order valence-corrected chi connectivity index (χ4v) is 3.08. The summed E-state index contributed by atoms with van der Waals surface area (Å²) in [5, 5.41) is 18.4. The molecule has 4 rings (SSSR count). The molecule has 0 fully saturated rings. The standard InChI is InChI=1S/C23H18N2O2/c1-15(17-11-10-16-6-2-3-7-18(16)12-17)24-25-23(27)21-13-19-8-4-5-9-20(19)14-22(21)26/h2-14,26H,1H3,(H,25,27)/b24-15+. The van der Waals surface area contributed by atoms with E-state index in [1.54, 1.807) is 12.1 Å². The quantitative estimate of drug-likeness (QED) is 0.408. The van der Waals surface area contributed by atoms with Gasteiger partial charge in [0.15, 0.2) is 0 Å². The fraction of sp³-hybridized carbons (Fsp3) is 0.0435. The van der Waals surface area contributed by atoms with Crippen LogP contribution in [0.25, 0.3) is 21.5 Å². The van der Waals surface area contributed by atoms with Crippen molar-refractivity contribution < 1.29 is 9.90 Å². The highest BCUT2D eigenvalue weighted by atomic mass is 16.3. The molecule has 0 aliphatic carbocycles. The third-order valence-electron chi connectivity index (χ3n) is 4.60. The second kappa shape index (κ2) is 6.92. The van der Waals surface area contributed by atoms with Gasteiger partial charge in [0.1, 0.15) is 5.75 Å². The monoisotopic (exact) mass is 354 g/mol. The number of carbonyl (C=O) groups is 1. The minimum absolute atomic E-state index is 0.0650. The Hall–Kier alpha value is -3.66. The zero-order valence-electron chi connectivity index (χ0n) is 14.8. The van der Waals surface area contributed by atoms with E-state index in [0.29, 0.717) is 5.71 Å². The maximum absolute atomic E-state index is 12.5. The van der Waals surface area contributed by atoms with Crippen LogP contribution in [0.3, 0.4) is 0 Å². The third kappa shape index (κ3) is 3.37. The maximum atomic E-state index is 12.5. The number of hydrogen-bond acceptors (Lipinski definition) is 3. The number of hydrogen-bond donors (Lipinski definition) is 2. The molecule has 0 aliphatic rings. The Labute approximate surface area is 156 Å². The Kier molecular flexibility index (Phi) is 4.30.